The van der Waals surface area contributed by atoms with Crippen molar-refractivity contribution in [2.24, 2.45) is 0 Å². The van der Waals surface area contributed by atoms with E-state index in [1.807, 2.05) is 4.90 Å². The van der Waals surface area contributed by atoms with Gasteiger partial charge in [-0.25, -0.2) is 0 Å². The zero-order valence-electron chi connectivity index (χ0n) is 7.86. The van der Waals surface area contributed by atoms with E-state index < -0.39 is 0 Å². The number of nitrogens with one attached hydrogen (secondary N) is 1. The molecule has 0 aromatic carbocycles. The van der Waals surface area contributed by atoms with Crippen molar-refractivity contribution in [3.8, 4) is 0 Å². The first kappa shape index (κ1) is 8.97. The highest BCUT2D eigenvalue weighted by Crippen LogP contribution is 2.30. The molecule has 2 rings (SSSR count). The van der Waals surface area contributed by atoms with Crippen molar-refractivity contribution in [3.63, 3.8) is 0 Å². The fourth-order valence-corrected chi connectivity index (χ4v) is 1.93. The Morgan fingerprint density at radius 3 is 2.85 bits per heavy atom. The number of carbonyl (C=O) groups is 1. The van der Waals surface area contributed by atoms with Crippen molar-refractivity contribution in [1.29, 1.82) is 0 Å². The summed E-state index contributed by atoms with van der Waals surface area (Å²) in [6, 6.07) is 0.373. The third-order valence-electron chi connectivity index (χ3n) is 2.81. The second-order valence-corrected chi connectivity index (χ2v) is 3.97. The van der Waals surface area contributed by atoms with Crippen molar-refractivity contribution < 1.29 is 9.90 Å². The number of piperazine rings is 1. The molecular formula is C9H16N2O2. The summed E-state index contributed by atoms with van der Waals surface area (Å²) in [5, 5.41) is 12.0. The number of aliphatic hydroxyl groups is 1. The minimum Gasteiger partial charge on any atom is -0.394 e. The zero-order chi connectivity index (χ0) is 9.42. The van der Waals surface area contributed by atoms with Crippen molar-refractivity contribution in [2.75, 3.05) is 13.2 Å². The SMILES string of the molecule is CC1CNC(CO)C(=O)N1C1CC1. The summed E-state index contributed by atoms with van der Waals surface area (Å²) in [4.78, 5) is 13.7. The van der Waals surface area contributed by atoms with Crippen molar-refractivity contribution >= 4 is 5.91 Å². The van der Waals surface area contributed by atoms with Crippen LogP contribution in [0.15, 0.2) is 0 Å². The largest absolute Gasteiger partial charge is 0.394 e. The fraction of sp³-hybridized carbons (Fsp3) is 0.889. The summed E-state index contributed by atoms with van der Waals surface area (Å²) in [6.45, 7) is 2.76. The number of amides is 1. The second kappa shape index (κ2) is 3.27. The van der Waals surface area contributed by atoms with Gasteiger partial charge in [-0.1, -0.05) is 0 Å². The highest BCUT2D eigenvalue weighted by molar-refractivity contribution is 5.83. The summed E-state index contributed by atoms with van der Waals surface area (Å²) >= 11 is 0. The first-order chi connectivity index (χ1) is 6.24. The molecule has 0 radical (unpaired) electrons. The Bertz CT molecular complexity index is 216. The van der Waals surface area contributed by atoms with Crippen molar-refractivity contribution in [1.82, 2.24) is 10.2 Å². The normalized spacial score (nSPS) is 35.2. The van der Waals surface area contributed by atoms with Gasteiger partial charge in [0, 0.05) is 18.6 Å². The van der Waals surface area contributed by atoms with Gasteiger partial charge in [0.1, 0.15) is 6.04 Å². The van der Waals surface area contributed by atoms with Gasteiger partial charge in [-0.3, -0.25) is 4.79 Å². The Hall–Kier alpha value is -0.610. The minimum absolute atomic E-state index is 0.0729. The van der Waals surface area contributed by atoms with Crippen LogP contribution in [0.3, 0.4) is 0 Å². The fourth-order valence-electron chi connectivity index (χ4n) is 1.93. The molecule has 1 saturated heterocycles. The van der Waals surface area contributed by atoms with Crippen LogP contribution >= 0.6 is 0 Å². The van der Waals surface area contributed by atoms with Crippen LogP contribution < -0.4 is 5.32 Å². The number of carbonyl (C=O) groups excluding carboxylic acids is 1. The van der Waals surface area contributed by atoms with E-state index in [0.717, 1.165) is 19.4 Å². The van der Waals surface area contributed by atoms with Gasteiger partial charge in [0.05, 0.1) is 6.61 Å². The maximum absolute atomic E-state index is 11.8. The molecule has 74 valence electrons. The maximum Gasteiger partial charge on any atom is 0.242 e. The highest BCUT2D eigenvalue weighted by Gasteiger charge is 2.41. The highest BCUT2D eigenvalue weighted by atomic mass is 16.3. The van der Waals surface area contributed by atoms with Crippen LogP contribution in [-0.2, 0) is 4.79 Å². The van der Waals surface area contributed by atoms with Crippen LogP contribution in [-0.4, -0.2) is 47.2 Å². The van der Waals surface area contributed by atoms with Gasteiger partial charge >= 0.3 is 0 Å². The lowest BCUT2D eigenvalue weighted by atomic mass is 10.1. The van der Waals surface area contributed by atoms with Gasteiger partial charge in [-0.15, -0.1) is 0 Å². The molecule has 1 amide bonds. The Labute approximate surface area is 77.9 Å². The predicted molar refractivity (Wildman–Crippen MR) is 48.2 cm³/mol. The first-order valence-corrected chi connectivity index (χ1v) is 4.90. The molecule has 1 saturated carbocycles. The molecule has 2 unspecified atom stereocenters. The van der Waals surface area contributed by atoms with Gasteiger partial charge in [0.15, 0.2) is 0 Å². The lowest BCUT2D eigenvalue weighted by molar-refractivity contribution is -0.140. The van der Waals surface area contributed by atoms with Crippen molar-refractivity contribution in [3.05, 3.63) is 0 Å². The van der Waals surface area contributed by atoms with Gasteiger partial charge in [-0.05, 0) is 19.8 Å². The van der Waals surface area contributed by atoms with E-state index in [9.17, 15) is 4.79 Å². The van der Waals surface area contributed by atoms with Crippen LogP contribution in [0, 0.1) is 0 Å². The summed E-state index contributed by atoms with van der Waals surface area (Å²) in [5.74, 6) is 0.0729. The van der Waals surface area contributed by atoms with Gasteiger partial charge in [0.25, 0.3) is 0 Å². The van der Waals surface area contributed by atoms with E-state index in [1.165, 1.54) is 0 Å². The summed E-state index contributed by atoms with van der Waals surface area (Å²) < 4.78 is 0. The van der Waals surface area contributed by atoms with E-state index >= 15 is 0 Å². The third kappa shape index (κ3) is 1.56. The minimum atomic E-state index is -0.364. The molecule has 0 spiro atoms. The van der Waals surface area contributed by atoms with Crippen LogP contribution in [0.1, 0.15) is 19.8 Å². The average Bonchev–Trinajstić information content (AvgIpc) is 2.89. The third-order valence-corrected chi connectivity index (χ3v) is 2.81. The summed E-state index contributed by atoms with van der Waals surface area (Å²) in [6.07, 6.45) is 2.27. The zero-order valence-corrected chi connectivity index (χ0v) is 7.86. The standard InChI is InChI=1S/C9H16N2O2/c1-6-4-10-8(5-12)9(13)11(6)7-2-3-7/h6-8,10,12H,2-5H2,1H3. The molecule has 0 aromatic heterocycles. The van der Waals surface area contributed by atoms with Crippen LogP contribution in [0.5, 0.6) is 0 Å². The average molecular weight is 184 g/mol. The molecule has 2 atom stereocenters. The quantitative estimate of drug-likeness (QED) is 0.598. The second-order valence-electron chi connectivity index (χ2n) is 3.97. The molecule has 2 aliphatic rings. The van der Waals surface area contributed by atoms with Crippen LogP contribution in [0.4, 0.5) is 0 Å². The molecule has 0 aromatic rings. The molecule has 4 heteroatoms. The summed E-state index contributed by atoms with van der Waals surface area (Å²) in [5.41, 5.74) is 0. The predicted octanol–water partition coefficient (Wildman–Crippen LogP) is -0.670. The van der Waals surface area contributed by atoms with E-state index in [2.05, 4.69) is 12.2 Å². The van der Waals surface area contributed by atoms with Crippen molar-refractivity contribution in [2.45, 2.75) is 37.9 Å². The lowest BCUT2D eigenvalue weighted by Crippen LogP contribution is -2.61. The summed E-state index contributed by atoms with van der Waals surface area (Å²) in [7, 11) is 0. The van der Waals surface area contributed by atoms with E-state index in [1.54, 1.807) is 0 Å². The Morgan fingerprint density at radius 2 is 2.31 bits per heavy atom. The number of rotatable bonds is 2. The molecule has 2 fully saturated rings. The van der Waals surface area contributed by atoms with Crippen LogP contribution in [0.2, 0.25) is 0 Å². The maximum atomic E-state index is 11.8. The van der Waals surface area contributed by atoms with E-state index in [-0.39, 0.29) is 24.6 Å². The molecular weight excluding hydrogens is 168 g/mol. The number of aliphatic hydroxyl groups excluding tert-OH is 1. The molecule has 13 heavy (non-hydrogen) atoms. The molecule has 2 N–H and O–H groups in total. The molecule has 0 bridgehead atoms. The smallest absolute Gasteiger partial charge is 0.242 e. The number of hydrogen-bond acceptors (Lipinski definition) is 3. The van der Waals surface area contributed by atoms with Crippen LogP contribution in [0.25, 0.3) is 0 Å². The van der Waals surface area contributed by atoms with Gasteiger partial charge < -0.3 is 15.3 Å². The van der Waals surface area contributed by atoms with E-state index in [0.29, 0.717) is 6.04 Å². The van der Waals surface area contributed by atoms with Gasteiger partial charge in [0.2, 0.25) is 5.91 Å². The monoisotopic (exact) mass is 184 g/mol. The van der Waals surface area contributed by atoms with E-state index in [4.69, 9.17) is 5.11 Å². The molecule has 1 aliphatic heterocycles. The Morgan fingerprint density at radius 1 is 1.62 bits per heavy atom. The lowest BCUT2D eigenvalue weighted by Gasteiger charge is -2.38. The Balaban J connectivity index is 2.07. The molecule has 4 nitrogen and oxygen atoms in total. The number of nitrogens with zero attached hydrogens (tertiary/aromatic N) is 1. The number of hydrogen-bond donors (Lipinski definition) is 2. The van der Waals surface area contributed by atoms with Gasteiger partial charge in [-0.2, -0.15) is 0 Å². The Kier molecular flexibility index (Phi) is 2.26. The molecule has 1 aliphatic carbocycles. The molecule has 1 heterocycles. The topological polar surface area (TPSA) is 52.6 Å². The first-order valence-electron chi connectivity index (χ1n) is 4.90.